The van der Waals surface area contributed by atoms with E-state index in [-0.39, 0.29) is 36.7 Å². The summed E-state index contributed by atoms with van der Waals surface area (Å²) in [5.41, 5.74) is 2.01. The van der Waals surface area contributed by atoms with E-state index >= 15 is 0 Å². The lowest BCUT2D eigenvalue weighted by atomic mass is 10.1. The van der Waals surface area contributed by atoms with Gasteiger partial charge in [0.2, 0.25) is 0 Å². The van der Waals surface area contributed by atoms with Gasteiger partial charge in [-0.05, 0) is 36.6 Å². The first kappa shape index (κ1) is 26.8. The molecule has 0 radical (unpaired) electrons. The van der Waals surface area contributed by atoms with Gasteiger partial charge in [0, 0.05) is 45.9 Å². The fourth-order valence-corrected chi connectivity index (χ4v) is 3.71. The van der Waals surface area contributed by atoms with Crippen LogP contribution in [0.2, 0.25) is 0 Å². The normalized spacial score (nSPS) is 16.9. The smallest absolute Gasteiger partial charge is 0.123 e. The molecule has 1 aliphatic rings. The Kier molecular flexibility index (Phi) is 12.5. The van der Waals surface area contributed by atoms with E-state index in [4.69, 9.17) is 4.74 Å². The SMILES string of the molecule is CCOC(CN1CCN(CCC(O)c2ccc(F)cc2)CC1)c1ccccc1.Cl.Cl. The van der Waals surface area contributed by atoms with Crippen LogP contribution in [0.15, 0.2) is 54.6 Å². The molecular weight excluding hydrogens is 426 g/mol. The summed E-state index contributed by atoms with van der Waals surface area (Å²) in [7, 11) is 0. The van der Waals surface area contributed by atoms with Crippen molar-refractivity contribution in [1.82, 2.24) is 9.80 Å². The third kappa shape index (κ3) is 8.14. The lowest BCUT2D eigenvalue weighted by Gasteiger charge is -2.36. The van der Waals surface area contributed by atoms with Crippen LogP contribution < -0.4 is 0 Å². The second kappa shape index (κ2) is 14.0. The fourth-order valence-electron chi connectivity index (χ4n) is 3.71. The molecule has 0 aliphatic carbocycles. The monoisotopic (exact) mass is 458 g/mol. The highest BCUT2D eigenvalue weighted by atomic mass is 35.5. The lowest BCUT2D eigenvalue weighted by Crippen LogP contribution is -2.48. The van der Waals surface area contributed by atoms with Crippen molar-refractivity contribution in [3.8, 4) is 0 Å². The number of hydrogen-bond donors (Lipinski definition) is 1. The number of halogens is 3. The van der Waals surface area contributed by atoms with Crippen molar-refractivity contribution in [2.75, 3.05) is 45.9 Å². The second-order valence-electron chi connectivity index (χ2n) is 7.35. The van der Waals surface area contributed by atoms with E-state index in [0.717, 1.165) is 44.8 Å². The molecular formula is C23H33Cl2FN2O2. The molecule has 2 aromatic carbocycles. The van der Waals surface area contributed by atoms with Gasteiger partial charge in [-0.3, -0.25) is 4.90 Å². The predicted octanol–water partition coefficient (Wildman–Crippen LogP) is 4.49. The molecule has 1 heterocycles. The van der Waals surface area contributed by atoms with Gasteiger partial charge in [0.1, 0.15) is 5.82 Å². The summed E-state index contributed by atoms with van der Waals surface area (Å²) >= 11 is 0. The Morgan fingerprint density at radius 1 is 0.900 bits per heavy atom. The molecule has 4 nitrogen and oxygen atoms in total. The van der Waals surface area contributed by atoms with Gasteiger partial charge in [0.25, 0.3) is 0 Å². The van der Waals surface area contributed by atoms with E-state index < -0.39 is 6.10 Å². The first-order chi connectivity index (χ1) is 13.7. The molecule has 1 aliphatic heterocycles. The van der Waals surface area contributed by atoms with Crippen LogP contribution in [0.25, 0.3) is 0 Å². The maximum absolute atomic E-state index is 13.0. The minimum atomic E-state index is -0.543. The molecule has 0 bridgehead atoms. The van der Waals surface area contributed by atoms with Gasteiger partial charge < -0.3 is 14.7 Å². The van der Waals surface area contributed by atoms with Gasteiger partial charge in [0.15, 0.2) is 0 Å². The van der Waals surface area contributed by atoms with Crippen molar-refractivity contribution in [1.29, 1.82) is 0 Å². The Morgan fingerprint density at radius 2 is 1.50 bits per heavy atom. The summed E-state index contributed by atoms with van der Waals surface area (Å²) in [5.74, 6) is -0.270. The fraction of sp³-hybridized carbons (Fsp3) is 0.478. The van der Waals surface area contributed by atoms with E-state index in [1.807, 2.05) is 13.0 Å². The Hall–Kier alpha value is -1.21. The summed E-state index contributed by atoms with van der Waals surface area (Å²) in [6.07, 6.45) is 0.231. The van der Waals surface area contributed by atoms with Crippen LogP contribution in [0.4, 0.5) is 4.39 Å². The minimum Gasteiger partial charge on any atom is -0.388 e. The molecule has 3 rings (SSSR count). The number of aliphatic hydroxyl groups is 1. The highest BCUT2D eigenvalue weighted by Crippen LogP contribution is 2.21. The highest BCUT2D eigenvalue weighted by molar-refractivity contribution is 5.85. The third-order valence-corrected chi connectivity index (χ3v) is 5.40. The maximum atomic E-state index is 13.0. The highest BCUT2D eigenvalue weighted by Gasteiger charge is 2.22. The zero-order valence-corrected chi connectivity index (χ0v) is 19.1. The van der Waals surface area contributed by atoms with Gasteiger partial charge in [-0.15, -0.1) is 24.8 Å². The standard InChI is InChI=1S/C23H31FN2O2.2ClH/c1-2-28-23(20-6-4-3-5-7-20)18-26-16-14-25(15-17-26)13-12-22(27)19-8-10-21(24)11-9-19;;/h3-11,22-23,27H,2,12-18H2,1H3;2*1H. The van der Waals surface area contributed by atoms with Crippen LogP contribution in [0.1, 0.15) is 36.7 Å². The van der Waals surface area contributed by atoms with Crippen molar-refractivity contribution in [2.45, 2.75) is 25.6 Å². The molecule has 0 amide bonds. The number of aliphatic hydroxyl groups excluding tert-OH is 1. The van der Waals surface area contributed by atoms with Crippen LogP contribution in [0.5, 0.6) is 0 Å². The molecule has 1 saturated heterocycles. The first-order valence-corrected chi connectivity index (χ1v) is 10.2. The average Bonchev–Trinajstić information content (AvgIpc) is 2.74. The Bertz CT molecular complexity index is 698. The second-order valence-corrected chi connectivity index (χ2v) is 7.35. The van der Waals surface area contributed by atoms with E-state index in [2.05, 4.69) is 34.1 Å². The summed E-state index contributed by atoms with van der Waals surface area (Å²) in [6, 6.07) is 16.5. The van der Waals surface area contributed by atoms with Crippen molar-refractivity contribution in [3.63, 3.8) is 0 Å². The Labute approximate surface area is 191 Å². The molecule has 2 unspecified atom stereocenters. The average molecular weight is 459 g/mol. The molecule has 0 saturated carbocycles. The first-order valence-electron chi connectivity index (χ1n) is 10.2. The molecule has 1 N–H and O–H groups in total. The summed E-state index contributed by atoms with van der Waals surface area (Å²) in [6.45, 7) is 8.49. The lowest BCUT2D eigenvalue weighted by molar-refractivity contribution is 0.0167. The van der Waals surface area contributed by atoms with Gasteiger partial charge in [0.05, 0.1) is 12.2 Å². The largest absolute Gasteiger partial charge is 0.388 e. The Morgan fingerprint density at radius 3 is 2.10 bits per heavy atom. The predicted molar refractivity (Wildman–Crippen MR) is 124 cm³/mol. The summed E-state index contributed by atoms with van der Waals surface area (Å²) in [5, 5.41) is 10.3. The van der Waals surface area contributed by atoms with Crippen molar-refractivity contribution >= 4 is 24.8 Å². The zero-order chi connectivity index (χ0) is 19.8. The molecule has 2 aromatic rings. The number of ether oxygens (including phenoxy) is 1. The van der Waals surface area contributed by atoms with Crippen LogP contribution in [-0.2, 0) is 4.74 Å². The summed E-state index contributed by atoms with van der Waals surface area (Å²) < 4.78 is 19.0. The molecule has 30 heavy (non-hydrogen) atoms. The number of piperazine rings is 1. The number of nitrogens with zero attached hydrogens (tertiary/aromatic N) is 2. The van der Waals surface area contributed by atoms with Crippen molar-refractivity contribution < 1.29 is 14.2 Å². The van der Waals surface area contributed by atoms with Crippen LogP contribution >= 0.6 is 24.8 Å². The zero-order valence-electron chi connectivity index (χ0n) is 17.5. The van der Waals surface area contributed by atoms with Gasteiger partial charge in [-0.2, -0.15) is 0 Å². The van der Waals surface area contributed by atoms with Crippen LogP contribution in [0.3, 0.4) is 0 Å². The minimum absolute atomic E-state index is 0. The van der Waals surface area contributed by atoms with E-state index in [1.54, 1.807) is 12.1 Å². The molecule has 7 heteroatoms. The molecule has 168 valence electrons. The Balaban J connectivity index is 0.00000225. The van der Waals surface area contributed by atoms with E-state index in [9.17, 15) is 9.50 Å². The topological polar surface area (TPSA) is 35.9 Å². The maximum Gasteiger partial charge on any atom is 0.123 e. The van der Waals surface area contributed by atoms with Crippen molar-refractivity contribution in [2.24, 2.45) is 0 Å². The molecule has 1 fully saturated rings. The van der Waals surface area contributed by atoms with Crippen molar-refractivity contribution in [3.05, 3.63) is 71.5 Å². The van der Waals surface area contributed by atoms with E-state index in [1.165, 1.54) is 17.7 Å². The van der Waals surface area contributed by atoms with Gasteiger partial charge in [-0.1, -0.05) is 42.5 Å². The summed E-state index contributed by atoms with van der Waals surface area (Å²) in [4.78, 5) is 4.85. The number of hydrogen-bond acceptors (Lipinski definition) is 4. The molecule has 0 aromatic heterocycles. The molecule has 2 atom stereocenters. The van der Waals surface area contributed by atoms with Gasteiger partial charge >= 0.3 is 0 Å². The van der Waals surface area contributed by atoms with Gasteiger partial charge in [-0.25, -0.2) is 4.39 Å². The molecule has 0 spiro atoms. The number of rotatable bonds is 9. The number of benzene rings is 2. The van der Waals surface area contributed by atoms with Crippen LogP contribution in [-0.4, -0.2) is 60.8 Å². The van der Waals surface area contributed by atoms with Crippen LogP contribution in [0, 0.1) is 5.82 Å². The van der Waals surface area contributed by atoms with E-state index in [0.29, 0.717) is 13.0 Å². The quantitative estimate of drug-likeness (QED) is 0.600. The third-order valence-electron chi connectivity index (χ3n) is 5.40.